The first kappa shape index (κ1) is 49.1. The minimum Gasteiger partial charge on any atom is -0.381 e. The van der Waals surface area contributed by atoms with E-state index >= 15 is 0 Å². The van der Waals surface area contributed by atoms with Gasteiger partial charge in [0.2, 0.25) is 0 Å². The quantitative estimate of drug-likeness (QED) is 0.176. The fourth-order valence-electron chi connectivity index (χ4n) is 6.12. The summed E-state index contributed by atoms with van der Waals surface area (Å²) in [6.45, 7) is 8.68. The SMILES string of the molecule is CC(=O)C1(O)CC[C@](C)(CO[C@H](C)c2cc(C(F)(F)F)cc(C(F)(F)F)c2)NC1.CC(=O)C1(O)CC[C@](C)(CO[C@H](C)c2cc(C(F)(F)F)cc(C(F)(F)F)c2)NC1. The van der Waals surface area contributed by atoms with Gasteiger partial charge in [-0.2, -0.15) is 52.7 Å². The highest BCUT2D eigenvalue weighted by atomic mass is 19.4. The molecule has 2 saturated heterocycles. The number of hydrogen-bond acceptors (Lipinski definition) is 8. The van der Waals surface area contributed by atoms with E-state index < -0.39 is 81.4 Å². The zero-order valence-electron chi connectivity index (χ0n) is 32.3. The van der Waals surface area contributed by atoms with E-state index in [1.54, 1.807) is 13.8 Å². The number of rotatable bonds is 10. The summed E-state index contributed by atoms with van der Waals surface area (Å²) in [7, 11) is 0. The van der Waals surface area contributed by atoms with Crippen LogP contribution >= 0.6 is 0 Å². The molecule has 20 heteroatoms. The molecule has 4 rings (SSSR count). The van der Waals surface area contributed by atoms with Gasteiger partial charge in [0, 0.05) is 24.2 Å². The molecule has 2 fully saturated rings. The van der Waals surface area contributed by atoms with Crippen LogP contribution in [0.15, 0.2) is 36.4 Å². The van der Waals surface area contributed by atoms with Gasteiger partial charge in [0.15, 0.2) is 11.6 Å². The molecule has 6 atom stereocenters. The van der Waals surface area contributed by atoms with Crippen LogP contribution < -0.4 is 10.6 Å². The Kier molecular flexibility index (Phi) is 14.7. The highest BCUT2D eigenvalue weighted by Crippen LogP contribution is 2.40. The molecule has 0 saturated carbocycles. The van der Waals surface area contributed by atoms with E-state index in [0.29, 0.717) is 37.1 Å². The zero-order chi connectivity index (χ0) is 44.5. The van der Waals surface area contributed by atoms with E-state index in [9.17, 15) is 72.5 Å². The third-order valence-corrected chi connectivity index (χ3v) is 10.6. The van der Waals surface area contributed by atoms with E-state index in [1.165, 1.54) is 27.7 Å². The highest BCUT2D eigenvalue weighted by Gasteiger charge is 2.44. The molecule has 2 heterocycles. The number of alkyl halides is 12. The number of nitrogens with one attached hydrogen (secondary N) is 2. The summed E-state index contributed by atoms with van der Waals surface area (Å²) in [5, 5.41) is 26.3. The van der Waals surface area contributed by atoms with E-state index in [-0.39, 0.29) is 74.0 Å². The number of β-amino-alcohol motifs (C(OH)–C–C–N with tert-alkyl or cyclic N) is 2. The zero-order valence-corrected chi connectivity index (χ0v) is 32.3. The van der Waals surface area contributed by atoms with Gasteiger partial charge in [-0.1, -0.05) is 0 Å². The summed E-state index contributed by atoms with van der Waals surface area (Å²) in [5.41, 5.74) is -10.4. The van der Waals surface area contributed by atoms with E-state index in [1.807, 2.05) is 0 Å². The second kappa shape index (κ2) is 17.4. The molecule has 2 aliphatic heterocycles. The van der Waals surface area contributed by atoms with Crippen LogP contribution in [0.4, 0.5) is 52.7 Å². The van der Waals surface area contributed by atoms with Gasteiger partial charge in [0.25, 0.3) is 0 Å². The van der Waals surface area contributed by atoms with Crippen molar-refractivity contribution in [3.05, 3.63) is 69.8 Å². The average molecular weight is 855 g/mol. The number of ether oxygens (including phenoxy) is 2. The van der Waals surface area contributed by atoms with Gasteiger partial charge in [-0.3, -0.25) is 9.59 Å². The van der Waals surface area contributed by atoms with Crippen molar-refractivity contribution in [3.8, 4) is 0 Å². The molecule has 0 aromatic heterocycles. The molecule has 328 valence electrons. The lowest BCUT2D eigenvalue weighted by molar-refractivity contribution is -0.145. The summed E-state index contributed by atoms with van der Waals surface area (Å²) in [6.07, 6.45) is -20.8. The minimum absolute atomic E-state index is 0.0155. The topological polar surface area (TPSA) is 117 Å². The molecule has 2 aliphatic rings. The molecule has 2 aromatic carbocycles. The summed E-state index contributed by atoms with van der Waals surface area (Å²) >= 11 is 0. The molecule has 0 spiro atoms. The second-order valence-electron chi connectivity index (χ2n) is 15.6. The number of piperidine rings is 2. The fourth-order valence-corrected chi connectivity index (χ4v) is 6.12. The number of carbonyl (C=O) groups excluding carboxylic acids is 2. The normalized spacial score (nSPS) is 27.0. The minimum atomic E-state index is -4.93. The van der Waals surface area contributed by atoms with E-state index in [2.05, 4.69) is 10.6 Å². The summed E-state index contributed by atoms with van der Waals surface area (Å²) in [5.74, 6) is -0.769. The lowest BCUT2D eigenvalue weighted by atomic mass is 9.81. The maximum Gasteiger partial charge on any atom is 0.416 e. The number of ketones is 2. The number of benzene rings is 2. The third kappa shape index (κ3) is 12.8. The molecule has 0 aliphatic carbocycles. The maximum atomic E-state index is 13.0. The number of hydrogen-bond donors (Lipinski definition) is 4. The van der Waals surface area contributed by atoms with Crippen molar-refractivity contribution in [1.29, 1.82) is 0 Å². The van der Waals surface area contributed by atoms with E-state index in [4.69, 9.17) is 9.47 Å². The molecule has 2 unspecified atom stereocenters. The van der Waals surface area contributed by atoms with Crippen LogP contribution in [0.25, 0.3) is 0 Å². The van der Waals surface area contributed by atoms with Gasteiger partial charge in [0.05, 0.1) is 47.7 Å². The molecular weight excluding hydrogens is 808 g/mol. The van der Waals surface area contributed by atoms with Crippen molar-refractivity contribution in [2.75, 3.05) is 26.3 Å². The Morgan fingerprint density at radius 2 is 0.828 bits per heavy atom. The number of Topliss-reactive ketones (excluding diaryl/α,β-unsaturated/α-hetero) is 2. The maximum absolute atomic E-state index is 13.0. The van der Waals surface area contributed by atoms with Crippen molar-refractivity contribution in [3.63, 3.8) is 0 Å². The monoisotopic (exact) mass is 854 g/mol. The van der Waals surface area contributed by atoms with Gasteiger partial charge in [-0.15, -0.1) is 0 Å². The Morgan fingerprint density at radius 3 is 1.02 bits per heavy atom. The number of carbonyl (C=O) groups is 2. The molecule has 0 radical (unpaired) electrons. The van der Waals surface area contributed by atoms with Gasteiger partial charge < -0.3 is 30.3 Å². The summed E-state index contributed by atoms with van der Waals surface area (Å²) < 4.78 is 167. The Labute approximate surface area is 326 Å². The van der Waals surface area contributed by atoms with Crippen molar-refractivity contribution in [1.82, 2.24) is 10.6 Å². The first-order valence-electron chi connectivity index (χ1n) is 17.9. The van der Waals surface area contributed by atoms with Crippen molar-refractivity contribution in [2.24, 2.45) is 0 Å². The van der Waals surface area contributed by atoms with Gasteiger partial charge >= 0.3 is 24.7 Å². The third-order valence-electron chi connectivity index (χ3n) is 10.6. The lowest BCUT2D eigenvalue weighted by Gasteiger charge is -2.42. The molecular formula is C38H46F12N2O6. The van der Waals surface area contributed by atoms with E-state index in [0.717, 1.165) is 0 Å². The number of aliphatic hydroxyl groups is 2. The van der Waals surface area contributed by atoms with Crippen molar-refractivity contribution < 1.29 is 82.0 Å². The molecule has 0 amide bonds. The fraction of sp³-hybridized carbons (Fsp3) is 0.632. The van der Waals surface area contributed by atoms with Gasteiger partial charge in [0.1, 0.15) is 11.2 Å². The first-order valence-corrected chi connectivity index (χ1v) is 17.9. The lowest BCUT2D eigenvalue weighted by Crippen LogP contribution is -2.60. The second-order valence-corrected chi connectivity index (χ2v) is 15.6. The smallest absolute Gasteiger partial charge is 0.381 e. The van der Waals surface area contributed by atoms with Crippen molar-refractivity contribution in [2.45, 2.75) is 126 Å². The molecule has 0 bridgehead atoms. The Morgan fingerprint density at radius 1 is 0.569 bits per heavy atom. The predicted molar refractivity (Wildman–Crippen MR) is 184 cm³/mol. The molecule has 58 heavy (non-hydrogen) atoms. The predicted octanol–water partition coefficient (Wildman–Crippen LogP) is 8.53. The molecule has 2 aromatic rings. The average Bonchev–Trinajstić information content (AvgIpc) is 3.11. The van der Waals surface area contributed by atoms with Crippen LogP contribution in [-0.4, -0.2) is 70.4 Å². The van der Waals surface area contributed by atoms with Crippen molar-refractivity contribution >= 4 is 11.6 Å². The van der Waals surface area contributed by atoms with Gasteiger partial charge in [-0.05, 0) is 115 Å². The highest BCUT2D eigenvalue weighted by molar-refractivity contribution is 5.85. The van der Waals surface area contributed by atoms with Crippen LogP contribution in [0.1, 0.15) is 113 Å². The largest absolute Gasteiger partial charge is 0.416 e. The summed E-state index contributed by atoms with van der Waals surface area (Å²) in [6, 6.07) is 2.72. The van der Waals surface area contributed by atoms with Crippen LogP contribution in [0.2, 0.25) is 0 Å². The standard InChI is InChI=1S/2C19H23F6NO3/c2*1-11(29-10-16(3)4-5-17(28,9-26-16)12(2)27)13-6-14(18(20,21)22)8-15(7-13)19(23,24)25/h2*6-8,11,26,28H,4-5,9-10H2,1-3H3/t2*11-,16-,17?/m11/s1. The van der Waals surface area contributed by atoms with Crippen LogP contribution in [-0.2, 0) is 43.8 Å². The Hall–Kier alpha value is -3.30. The molecule has 8 nitrogen and oxygen atoms in total. The van der Waals surface area contributed by atoms with Gasteiger partial charge in [-0.25, -0.2) is 0 Å². The van der Waals surface area contributed by atoms with Crippen LogP contribution in [0.5, 0.6) is 0 Å². The first-order chi connectivity index (χ1) is 26.1. The molecule has 4 N–H and O–H groups in total. The Bertz CT molecular complexity index is 1570. The number of halogens is 12. The summed E-state index contributed by atoms with van der Waals surface area (Å²) in [4.78, 5) is 23.0. The van der Waals surface area contributed by atoms with Crippen LogP contribution in [0, 0.1) is 0 Å². The Balaban J connectivity index is 0.000000310. The van der Waals surface area contributed by atoms with Crippen LogP contribution in [0.3, 0.4) is 0 Å².